The number of aromatic nitrogens is 2. The molecule has 1 heterocycles. The normalized spacial score (nSPS) is 11.6. The molecule has 0 saturated heterocycles. The maximum Gasteiger partial charge on any atom is 0.166 e. The second-order valence-electron chi connectivity index (χ2n) is 3.77. The van der Waals surface area contributed by atoms with E-state index in [1.807, 2.05) is 7.85 Å². The summed E-state index contributed by atoms with van der Waals surface area (Å²) in [6.07, 6.45) is 2.89. The van der Waals surface area contributed by atoms with Crippen molar-refractivity contribution in [1.29, 1.82) is 0 Å². The highest BCUT2D eigenvalue weighted by Crippen LogP contribution is 2.23. The fraction of sp³-hybridized carbons (Fsp3) is 0.556. The molecule has 0 radical (unpaired) electrons. The van der Waals surface area contributed by atoms with Crippen LogP contribution in [0.25, 0.3) is 0 Å². The quantitative estimate of drug-likeness (QED) is 0.589. The van der Waals surface area contributed by atoms with Crippen LogP contribution in [0.5, 0.6) is 0 Å². The van der Waals surface area contributed by atoms with E-state index >= 15 is 0 Å². The number of nitrogens with zero attached hydrogens (tertiary/aromatic N) is 2. The molecule has 0 aliphatic rings. The van der Waals surface area contributed by atoms with Crippen LogP contribution < -0.4 is 5.59 Å². The summed E-state index contributed by atoms with van der Waals surface area (Å²) in [6, 6.07) is 2.06. The maximum absolute atomic E-state index is 4.04. The zero-order valence-electron chi connectivity index (χ0n) is 8.26. The Bertz CT molecular complexity index is 271. The molecule has 0 bridgehead atoms. The molecule has 0 atom stereocenters. The first-order valence-corrected chi connectivity index (χ1v) is 4.36. The first-order chi connectivity index (χ1) is 5.58. The second-order valence-corrected chi connectivity index (χ2v) is 3.77. The third-order valence-corrected chi connectivity index (χ3v) is 2.52. The van der Waals surface area contributed by atoms with Crippen LogP contribution >= 0.6 is 0 Å². The van der Waals surface area contributed by atoms with Gasteiger partial charge in [-0.3, -0.25) is 0 Å². The predicted octanol–water partition coefficient (Wildman–Crippen LogP) is 0.423. The van der Waals surface area contributed by atoms with E-state index in [2.05, 4.69) is 37.0 Å². The van der Waals surface area contributed by atoms with Crippen LogP contribution in [0.1, 0.15) is 32.8 Å². The average molecular weight is 162 g/mol. The van der Waals surface area contributed by atoms with Crippen molar-refractivity contribution in [2.75, 3.05) is 0 Å². The minimum atomic E-state index is 0.222. The van der Waals surface area contributed by atoms with Crippen molar-refractivity contribution in [3.05, 3.63) is 17.8 Å². The van der Waals surface area contributed by atoms with Crippen LogP contribution in [0.3, 0.4) is 0 Å². The van der Waals surface area contributed by atoms with Crippen molar-refractivity contribution < 1.29 is 0 Å². The maximum atomic E-state index is 4.04. The van der Waals surface area contributed by atoms with Crippen LogP contribution in [0.2, 0.25) is 0 Å². The minimum absolute atomic E-state index is 0.222. The molecule has 1 rings (SSSR count). The summed E-state index contributed by atoms with van der Waals surface area (Å²) in [4.78, 5) is 0. The van der Waals surface area contributed by atoms with Gasteiger partial charge in [0.15, 0.2) is 7.85 Å². The molecule has 0 aliphatic carbocycles. The SMILES string of the molecule is Bc1nnccc1C(C)(C)CC. The van der Waals surface area contributed by atoms with Crippen molar-refractivity contribution in [2.45, 2.75) is 32.6 Å². The van der Waals surface area contributed by atoms with Crippen molar-refractivity contribution in [3.63, 3.8) is 0 Å². The molecule has 0 unspecified atom stereocenters. The van der Waals surface area contributed by atoms with Crippen molar-refractivity contribution in [3.8, 4) is 0 Å². The molecule has 0 fully saturated rings. The highest BCUT2D eigenvalue weighted by molar-refractivity contribution is 6.31. The van der Waals surface area contributed by atoms with Gasteiger partial charge < -0.3 is 0 Å². The Morgan fingerprint density at radius 2 is 2.17 bits per heavy atom. The summed E-state index contributed by atoms with van der Waals surface area (Å²) in [5.41, 5.74) is 2.57. The van der Waals surface area contributed by atoms with Gasteiger partial charge in [0.25, 0.3) is 0 Å². The van der Waals surface area contributed by atoms with E-state index in [4.69, 9.17) is 0 Å². The minimum Gasteiger partial charge on any atom is -0.166 e. The smallest absolute Gasteiger partial charge is 0.166 e. The fourth-order valence-corrected chi connectivity index (χ4v) is 1.31. The molecular formula is C9H15BN2. The van der Waals surface area contributed by atoms with Gasteiger partial charge in [-0.15, -0.1) is 0 Å². The Morgan fingerprint density at radius 1 is 1.50 bits per heavy atom. The lowest BCUT2D eigenvalue weighted by atomic mass is 9.78. The van der Waals surface area contributed by atoms with E-state index in [9.17, 15) is 0 Å². The van der Waals surface area contributed by atoms with E-state index in [0.29, 0.717) is 0 Å². The molecule has 0 amide bonds. The number of rotatable bonds is 2. The summed E-state index contributed by atoms with van der Waals surface area (Å²) in [5.74, 6) is 0. The zero-order chi connectivity index (χ0) is 9.19. The largest absolute Gasteiger partial charge is 0.166 e. The number of hydrogen-bond acceptors (Lipinski definition) is 2. The van der Waals surface area contributed by atoms with E-state index < -0.39 is 0 Å². The van der Waals surface area contributed by atoms with Crippen molar-refractivity contribution >= 4 is 13.4 Å². The Balaban J connectivity index is 3.10. The summed E-state index contributed by atoms with van der Waals surface area (Å²) >= 11 is 0. The van der Waals surface area contributed by atoms with Gasteiger partial charge >= 0.3 is 0 Å². The van der Waals surface area contributed by atoms with Gasteiger partial charge in [0, 0.05) is 11.8 Å². The van der Waals surface area contributed by atoms with E-state index in [0.717, 1.165) is 12.0 Å². The van der Waals surface area contributed by atoms with E-state index in [-0.39, 0.29) is 5.41 Å². The molecule has 0 aliphatic heterocycles. The van der Waals surface area contributed by atoms with Gasteiger partial charge in [-0.2, -0.15) is 10.2 Å². The first-order valence-electron chi connectivity index (χ1n) is 4.36. The monoisotopic (exact) mass is 162 g/mol. The van der Waals surface area contributed by atoms with Gasteiger partial charge in [-0.05, 0) is 23.5 Å². The van der Waals surface area contributed by atoms with Gasteiger partial charge in [-0.25, -0.2) is 0 Å². The first kappa shape index (κ1) is 9.23. The molecule has 0 spiro atoms. The highest BCUT2D eigenvalue weighted by Gasteiger charge is 2.19. The Hall–Kier alpha value is -0.855. The lowest BCUT2D eigenvalue weighted by Gasteiger charge is -2.24. The second kappa shape index (κ2) is 3.25. The molecular weight excluding hydrogens is 147 g/mol. The Kier molecular flexibility index (Phi) is 2.50. The van der Waals surface area contributed by atoms with Gasteiger partial charge in [-0.1, -0.05) is 20.8 Å². The standard InChI is InChI=1S/C9H15BN2/c1-4-9(2,3)7-5-6-11-12-8(7)10/h5-6H,4,10H2,1-3H3. The number of hydrogen-bond donors (Lipinski definition) is 0. The molecule has 1 aromatic heterocycles. The highest BCUT2D eigenvalue weighted by atomic mass is 15.1. The summed E-state index contributed by atoms with van der Waals surface area (Å²) in [7, 11) is 2.01. The predicted molar refractivity (Wildman–Crippen MR) is 53.5 cm³/mol. The third-order valence-electron chi connectivity index (χ3n) is 2.52. The van der Waals surface area contributed by atoms with Crippen LogP contribution in [-0.2, 0) is 5.41 Å². The van der Waals surface area contributed by atoms with Crippen LogP contribution in [0.15, 0.2) is 12.3 Å². The lowest BCUT2D eigenvalue weighted by Crippen LogP contribution is -2.27. The van der Waals surface area contributed by atoms with E-state index in [1.54, 1.807) is 6.20 Å². The molecule has 1 aromatic rings. The van der Waals surface area contributed by atoms with Gasteiger partial charge in [0.1, 0.15) is 0 Å². The van der Waals surface area contributed by atoms with Crippen LogP contribution in [-0.4, -0.2) is 18.0 Å². The summed E-state index contributed by atoms with van der Waals surface area (Å²) in [5, 5.41) is 7.89. The molecule has 64 valence electrons. The molecule has 2 nitrogen and oxygen atoms in total. The fourth-order valence-electron chi connectivity index (χ4n) is 1.31. The zero-order valence-corrected chi connectivity index (χ0v) is 8.26. The molecule has 3 heteroatoms. The lowest BCUT2D eigenvalue weighted by molar-refractivity contribution is 0.507. The summed E-state index contributed by atoms with van der Waals surface area (Å²) in [6.45, 7) is 6.66. The van der Waals surface area contributed by atoms with Crippen molar-refractivity contribution in [1.82, 2.24) is 10.2 Å². The average Bonchev–Trinajstić information content (AvgIpc) is 2.05. The molecule has 12 heavy (non-hydrogen) atoms. The summed E-state index contributed by atoms with van der Waals surface area (Å²) < 4.78 is 0. The Labute approximate surface area is 74.8 Å². The molecule has 0 aromatic carbocycles. The molecule has 0 N–H and O–H groups in total. The van der Waals surface area contributed by atoms with Crippen LogP contribution in [0.4, 0.5) is 0 Å². The topological polar surface area (TPSA) is 25.8 Å². The van der Waals surface area contributed by atoms with Gasteiger partial charge in [0.2, 0.25) is 0 Å². The Morgan fingerprint density at radius 3 is 2.67 bits per heavy atom. The third kappa shape index (κ3) is 1.66. The molecule has 0 saturated carbocycles. The van der Waals surface area contributed by atoms with E-state index in [1.165, 1.54) is 5.56 Å². The van der Waals surface area contributed by atoms with Crippen LogP contribution in [0, 0.1) is 0 Å². The van der Waals surface area contributed by atoms with Crippen molar-refractivity contribution in [2.24, 2.45) is 0 Å². The van der Waals surface area contributed by atoms with Gasteiger partial charge in [0.05, 0.1) is 0 Å².